The van der Waals surface area contributed by atoms with Gasteiger partial charge in [-0.25, -0.2) is 14.8 Å². The number of rotatable bonds is 8. The Balaban J connectivity index is 1.40. The van der Waals surface area contributed by atoms with Gasteiger partial charge in [-0.1, -0.05) is 12.1 Å². The lowest BCUT2D eigenvalue weighted by atomic mass is 10.1. The van der Waals surface area contributed by atoms with Crippen LogP contribution in [0.3, 0.4) is 0 Å². The Kier molecular flexibility index (Phi) is 6.75. The minimum Gasteiger partial charge on any atom is -0.390 e. The van der Waals surface area contributed by atoms with Crippen molar-refractivity contribution in [1.82, 2.24) is 19.5 Å². The predicted octanol–water partition coefficient (Wildman–Crippen LogP) is 5.03. The highest BCUT2D eigenvalue weighted by atomic mass is 32.1. The van der Waals surface area contributed by atoms with E-state index in [1.165, 1.54) is 18.3 Å². The van der Waals surface area contributed by atoms with Crippen molar-refractivity contribution >= 4 is 34.4 Å². The van der Waals surface area contributed by atoms with Crippen molar-refractivity contribution in [1.29, 1.82) is 0 Å². The normalized spacial score (nSPS) is 11.5. The van der Waals surface area contributed by atoms with E-state index in [-0.39, 0.29) is 18.3 Å². The van der Waals surface area contributed by atoms with Crippen LogP contribution in [0, 0.1) is 5.82 Å². The third-order valence-electron chi connectivity index (χ3n) is 5.93. The lowest BCUT2D eigenvalue weighted by Crippen LogP contribution is -2.17. The van der Waals surface area contributed by atoms with Crippen LogP contribution < -0.4 is 5.43 Å². The Labute approximate surface area is 211 Å². The lowest BCUT2D eigenvalue weighted by Gasteiger charge is -2.05. The molecule has 0 radical (unpaired) electrons. The largest absolute Gasteiger partial charge is 0.390 e. The summed E-state index contributed by atoms with van der Waals surface area (Å²) < 4.78 is 17.1. The van der Waals surface area contributed by atoms with Crippen molar-refractivity contribution in [2.45, 2.75) is 26.6 Å². The number of hydrazone groups is 1. The molecule has 0 atom stereocenters. The first-order chi connectivity index (χ1) is 17.6. The number of fused-ring (bicyclic) bond motifs is 1. The van der Waals surface area contributed by atoms with Crippen molar-refractivity contribution in [2.75, 3.05) is 0 Å². The minimum absolute atomic E-state index is 0.0200. The van der Waals surface area contributed by atoms with Crippen molar-refractivity contribution in [3.8, 4) is 10.6 Å². The number of hydrogen-bond donors (Lipinski definition) is 2. The van der Waals surface area contributed by atoms with E-state index in [0.717, 1.165) is 32.9 Å². The van der Waals surface area contributed by atoms with E-state index in [0.29, 0.717) is 24.2 Å². The number of halogens is 1. The molecule has 5 rings (SSSR count). The van der Waals surface area contributed by atoms with Crippen LogP contribution in [-0.4, -0.2) is 31.3 Å². The summed E-state index contributed by atoms with van der Waals surface area (Å²) in [4.78, 5) is 17.8. The van der Waals surface area contributed by atoms with E-state index < -0.39 is 0 Å². The molecule has 1 amide bonds. The maximum Gasteiger partial charge on any atom is 0.273 e. The van der Waals surface area contributed by atoms with Gasteiger partial charge in [-0.2, -0.15) is 5.10 Å². The van der Waals surface area contributed by atoms with Crippen LogP contribution in [0.15, 0.2) is 77.5 Å². The number of aryl methyl sites for hydroxylation is 1. The van der Waals surface area contributed by atoms with Gasteiger partial charge in [0.1, 0.15) is 10.8 Å². The topological polar surface area (TPSA) is 84.4 Å². The Morgan fingerprint density at radius 2 is 2.03 bits per heavy atom. The van der Waals surface area contributed by atoms with E-state index in [2.05, 4.69) is 10.5 Å². The second kappa shape index (κ2) is 10.3. The zero-order valence-electron chi connectivity index (χ0n) is 19.6. The summed E-state index contributed by atoms with van der Waals surface area (Å²) in [5, 5.41) is 17.2. The van der Waals surface area contributed by atoms with E-state index in [9.17, 15) is 14.3 Å². The highest BCUT2D eigenvalue weighted by Gasteiger charge is 2.16. The monoisotopic (exact) mass is 501 g/mol. The summed E-state index contributed by atoms with van der Waals surface area (Å²) in [6, 6.07) is 15.6. The number of nitrogens with zero attached hydrogens (tertiary/aromatic N) is 4. The molecule has 3 heterocycles. The summed E-state index contributed by atoms with van der Waals surface area (Å²) in [5.41, 5.74) is 7.39. The van der Waals surface area contributed by atoms with Gasteiger partial charge < -0.3 is 14.2 Å². The van der Waals surface area contributed by atoms with Gasteiger partial charge in [0.05, 0.1) is 30.6 Å². The average Bonchev–Trinajstić information content (AvgIpc) is 3.63. The SMILES string of the molecule is CCn1cc(C(=O)N/N=C/c2ccc(F)cc2)c2cc(-c3nc(Cn4cccc4CO)cs3)ccc21. The number of aliphatic hydroxyl groups excluding tert-OH is 1. The van der Waals surface area contributed by atoms with Crippen LogP contribution in [0.5, 0.6) is 0 Å². The van der Waals surface area contributed by atoms with Crippen LogP contribution in [0.25, 0.3) is 21.5 Å². The summed E-state index contributed by atoms with van der Waals surface area (Å²) in [6.07, 6.45) is 5.23. The first-order valence-electron chi connectivity index (χ1n) is 11.5. The van der Waals surface area contributed by atoms with E-state index in [4.69, 9.17) is 4.98 Å². The number of nitrogens with one attached hydrogen (secondary N) is 1. The highest BCUT2D eigenvalue weighted by molar-refractivity contribution is 7.13. The zero-order chi connectivity index (χ0) is 25.1. The van der Waals surface area contributed by atoms with Crippen molar-refractivity contribution in [3.05, 3.63) is 101 Å². The number of thiazole rings is 1. The molecule has 2 N–H and O–H groups in total. The van der Waals surface area contributed by atoms with E-state index in [1.54, 1.807) is 23.5 Å². The lowest BCUT2D eigenvalue weighted by molar-refractivity contribution is 0.0956. The summed E-state index contributed by atoms with van der Waals surface area (Å²) in [7, 11) is 0. The fourth-order valence-electron chi connectivity index (χ4n) is 4.08. The van der Waals surface area contributed by atoms with Crippen LogP contribution >= 0.6 is 11.3 Å². The molecule has 36 heavy (non-hydrogen) atoms. The van der Waals surface area contributed by atoms with Gasteiger partial charge in [0, 0.05) is 46.5 Å². The average molecular weight is 502 g/mol. The number of hydrogen-bond acceptors (Lipinski definition) is 5. The molecule has 3 aromatic heterocycles. The second-order valence-corrected chi connectivity index (χ2v) is 9.10. The predicted molar refractivity (Wildman–Crippen MR) is 140 cm³/mol. The number of carbonyl (C=O) groups is 1. The fourth-order valence-corrected chi connectivity index (χ4v) is 4.89. The van der Waals surface area contributed by atoms with Gasteiger partial charge in [-0.05, 0) is 55.0 Å². The smallest absolute Gasteiger partial charge is 0.273 e. The molecule has 0 unspecified atom stereocenters. The van der Waals surface area contributed by atoms with Gasteiger partial charge in [-0.3, -0.25) is 4.79 Å². The molecule has 182 valence electrons. The Morgan fingerprint density at radius 3 is 2.81 bits per heavy atom. The van der Waals surface area contributed by atoms with E-state index >= 15 is 0 Å². The number of carbonyl (C=O) groups excluding carboxylic acids is 1. The first-order valence-corrected chi connectivity index (χ1v) is 12.3. The highest BCUT2D eigenvalue weighted by Crippen LogP contribution is 2.30. The van der Waals surface area contributed by atoms with Crippen LogP contribution in [0.1, 0.15) is 34.2 Å². The van der Waals surface area contributed by atoms with Gasteiger partial charge >= 0.3 is 0 Å². The Hall–Kier alpha value is -4.08. The number of aromatic nitrogens is 3. The molecule has 0 fully saturated rings. The molecule has 0 aliphatic carbocycles. The second-order valence-electron chi connectivity index (χ2n) is 8.24. The van der Waals surface area contributed by atoms with Gasteiger partial charge in [-0.15, -0.1) is 11.3 Å². The van der Waals surface area contributed by atoms with Crippen LogP contribution in [0.2, 0.25) is 0 Å². The molecular weight excluding hydrogens is 477 g/mol. The zero-order valence-corrected chi connectivity index (χ0v) is 20.4. The van der Waals surface area contributed by atoms with E-state index in [1.807, 2.05) is 64.2 Å². The molecule has 0 aliphatic rings. The molecule has 2 aromatic carbocycles. The van der Waals surface area contributed by atoms with Crippen molar-refractivity contribution < 1.29 is 14.3 Å². The maximum atomic E-state index is 13.1. The molecule has 0 saturated heterocycles. The summed E-state index contributed by atoms with van der Waals surface area (Å²) in [5.74, 6) is -0.655. The molecule has 5 aromatic rings. The molecule has 0 aliphatic heterocycles. The van der Waals surface area contributed by atoms with Crippen molar-refractivity contribution in [2.24, 2.45) is 5.10 Å². The molecule has 9 heteroatoms. The third-order valence-corrected chi connectivity index (χ3v) is 6.87. The molecular formula is C27H24FN5O2S. The minimum atomic E-state index is -0.327. The summed E-state index contributed by atoms with van der Waals surface area (Å²) in [6.45, 7) is 3.30. The maximum absolute atomic E-state index is 13.1. The number of aliphatic hydroxyl groups is 1. The standard InChI is InChI=1S/C27H24FN5O2S/c1-2-32-15-24(26(35)31-29-13-18-5-8-20(28)9-6-18)23-12-19(7-10-25(23)32)27-30-21(17-36-27)14-33-11-3-4-22(33)16-34/h3-13,15,17,34H,2,14,16H2,1H3,(H,31,35)/b29-13+. The van der Waals surface area contributed by atoms with Crippen molar-refractivity contribution in [3.63, 3.8) is 0 Å². The molecule has 0 saturated carbocycles. The first kappa shape index (κ1) is 23.7. The van der Waals surface area contributed by atoms with Gasteiger partial charge in [0.2, 0.25) is 0 Å². The van der Waals surface area contributed by atoms with Crippen LogP contribution in [-0.2, 0) is 19.7 Å². The molecule has 7 nitrogen and oxygen atoms in total. The Morgan fingerprint density at radius 1 is 1.19 bits per heavy atom. The number of amides is 1. The van der Waals surface area contributed by atoms with Crippen LogP contribution in [0.4, 0.5) is 4.39 Å². The van der Waals surface area contributed by atoms with Gasteiger partial charge in [0.25, 0.3) is 5.91 Å². The quantitative estimate of drug-likeness (QED) is 0.231. The third kappa shape index (κ3) is 4.84. The summed E-state index contributed by atoms with van der Waals surface area (Å²) >= 11 is 1.54. The molecule has 0 spiro atoms. The fraction of sp³-hybridized carbons (Fsp3) is 0.148. The van der Waals surface area contributed by atoms with Gasteiger partial charge in [0.15, 0.2) is 0 Å². The molecule has 0 bridgehead atoms. The number of benzene rings is 2. The Bertz CT molecular complexity index is 1550.